The van der Waals surface area contributed by atoms with Crippen molar-refractivity contribution in [3.63, 3.8) is 0 Å². The fourth-order valence-corrected chi connectivity index (χ4v) is 8.96. The van der Waals surface area contributed by atoms with Gasteiger partial charge >= 0.3 is 42.0 Å². The number of ether oxygens (including phenoxy) is 1. The Kier molecular flexibility index (Phi) is 13.4. The third-order valence-corrected chi connectivity index (χ3v) is 12.7. The van der Waals surface area contributed by atoms with Crippen molar-refractivity contribution in [2.45, 2.75) is 54.9 Å². The van der Waals surface area contributed by atoms with Crippen LogP contribution >= 0.6 is 45.9 Å². The van der Waals surface area contributed by atoms with Crippen molar-refractivity contribution < 1.29 is 75.8 Å². The number of nitriles is 2. The molecule has 6 heterocycles. The fourth-order valence-electron chi connectivity index (χ4n) is 6.49. The van der Waals surface area contributed by atoms with Crippen molar-refractivity contribution in [1.82, 2.24) is 34.0 Å². The Morgan fingerprint density at radius 1 is 0.676 bits per heavy atom. The number of aromatic nitrogens is 6. The molecule has 0 radical (unpaired) electrons. The first-order valence-corrected chi connectivity index (χ1v) is 20.7. The maximum absolute atomic E-state index is 14.6. The number of esters is 1. The van der Waals surface area contributed by atoms with E-state index in [9.17, 15) is 81.6 Å². The zero-order valence-electron chi connectivity index (χ0n) is 33.8. The Bertz CT molecular complexity index is 2980. The highest BCUT2D eigenvalue weighted by molar-refractivity contribution is 7.16. The normalized spacial score (nSPS) is 13.7. The van der Waals surface area contributed by atoms with Gasteiger partial charge in [-0.1, -0.05) is 23.2 Å². The highest BCUT2D eigenvalue weighted by atomic mass is 35.5. The first-order chi connectivity index (χ1) is 31.4. The Balaban J connectivity index is 0.000000224. The Hall–Kier alpha value is -6.10. The molecule has 7 rings (SSSR count). The van der Waals surface area contributed by atoms with Crippen LogP contribution in [-0.2, 0) is 30.2 Å². The molecular formula is C38H23Cl2F14N9O3S2. The largest absolute Gasteiger partial charge is 0.465 e. The summed E-state index contributed by atoms with van der Waals surface area (Å²) in [6.45, 7) is 0. The summed E-state index contributed by atoms with van der Waals surface area (Å²) in [6.07, 6.45) is -18.8. The van der Waals surface area contributed by atoms with Crippen LogP contribution in [0.25, 0.3) is 32.5 Å². The summed E-state index contributed by atoms with van der Waals surface area (Å²) >= 11 is 13.6. The van der Waals surface area contributed by atoms with E-state index in [0.717, 1.165) is 66.1 Å². The number of thiophene rings is 2. The van der Waals surface area contributed by atoms with Crippen LogP contribution in [-0.4, -0.2) is 78.4 Å². The van der Waals surface area contributed by atoms with Crippen LogP contribution in [0.1, 0.15) is 54.7 Å². The molecule has 0 unspecified atom stereocenters. The molecule has 0 aromatic carbocycles. The summed E-state index contributed by atoms with van der Waals surface area (Å²) in [5.74, 6) is -2.14. The van der Waals surface area contributed by atoms with E-state index in [1.165, 1.54) is 36.9 Å². The molecule has 6 aromatic rings. The molecule has 362 valence electrons. The van der Waals surface area contributed by atoms with Crippen molar-refractivity contribution in [3.05, 3.63) is 91.4 Å². The number of hydrogen-bond acceptors (Lipinski definition) is 9. The van der Waals surface area contributed by atoms with Crippen molar-refractivity contribution in [3.8, 4) is 44.7 Å². The lowest BCUT2D eigenvalue weighted by molar-refractivity contribution is -0.351. The van der Waals surface area contributed by atoms with E-state index in [1.807, 2.05) is 12.1 Å². The standard InChI is InChI=1S/C20H13ClF7N5OS.C18H10ClF7N4O2S/c1-32-15(18(22,19(23,24)25)20(26,27)28)5-12(21)17(32)33-8-9(7-30-33)13-4-11(14(6-29)35-13)16(34)31-10-2-3-10;1-29-13(16(20,17(21,22)23)18(24,25)26)4-10(19)14(29)30-7-8(6-28-30)11-3-9(15(31)32-2)12(5-27)33-11/h4-5,7-8,10H,2-3H2,1H3,(H,31,34);3-4,6-7H,1-2H3. The summed E-state index contributed by atoms with van der Waals surface area (Å²) in [4.78, 5) is 25.0. The van der Waals surface area contributed by atoms with E-state index in [4.69, 9.17) is 23.2 Å². The molecule has 68 heavy (non-hydrogen) atoms. The van der Waals surface area contributed by atoms with Gasteiger partial charge in [0.05, 0.1) is 52.1 Å². The SMILES string of the molecule is COC(=O)c1cc(-c2cnn(-c3c(Cl)cc(C(F)(C(F)(F)F)C(F)(F)F)n3C)c2)sc1C#N.Cn1c(C(F)(C(F)(F)F)C(F)(F)F)cc(Cl)c1-n1cc(-c2cc(C(=O)NC3CC3)c(C#N)s2)cn1. The van der Waals surface area contributed by atoms with E-state index in [-0.39, 0.29) is 44.6 Å². The molecule has 1 aliphatic carbocycles. The predicted molar refractivity (Wildman–Crippen MR) is 213 cm³/mol. The molecule has 0 aliphatic heterocycles. The molecule has 1 aliphatic rings. The lowest BCUT2D eigenvalue weighted by Crippen LogP contribution is -2.51. The maximum Gasteiger partial charge on any atom is 0.437 e. The second-order valence-corrected chi connectivity index (χ2v) is 17.3. The zero-order chi connectivity index (χ0) is 50.9. The van der Waals surface area contributed by atoms with Gasteiger partial charge in [-0.2, -0.15) is 73.4 Å². The summed E-state index contributed by atoms with van der Waals surface area (Å²) in [5, 5.41) is 27.8. The van der Waals surface area contributed by atoms with Gasteiger partial charge in [-0.15, -0.1) is 22.7 Å². The number of nitrogens with zero attached hydrogens (tertiary/aromatic N) is 8. The van der Waals surface area contributed by atoms with E-state index >= 15 is 0 Å². The first-order valence-electron chi connectivity index (χ1n) is 18.3. The number of hydrogen-bond donors (Lipinski definition) is 1. The van der Waals surface area contributed by atoms with E-state index in [0.29, 0.717) is 24.5 Å². The van der Waals surface area contributed by atoms with Crippen LogP contribution in [0.5, 0.6) is 0 Å². The third-order valence-electron chi connectivity index (χ3n) is 9.98. The van der Waals surface area contributed by atoms with E-state index < -0.39 is 81.0 Å². The minimum atomic E-state index is -6.32. The van der Waals surface area contributed by atoms with Gasteiger partial charge in [0.25, 0.3) is 5.91 Å². The Morgan fingerprint density at radius 3 is 1.38 bits per heavy atom. The number of alkyl halides is 14. The van der Waals surface area contributed by atoms with Crippen LogP contribution in [0.3, 0.4) is 0 Å². The van der Waals surface area contributed by atoms with Gasteiger partial charge in [-0.05, 0) is 37.1 Å². The number of carbonyl (C=O) groups is 2. The average Bonchev–Trinajstić information content (AvgIpc) is 3.85. The smallest absolute Gasteiger partial charge is 0.437 e. The number of rotatable bonds is 9. The van der Waals surface area contributed by atoms with Gasteiger partial charge in [0.2, 0.25) is 0 Å². The Labute approximate surface area is 389 Å². The molecule has 0 atom stereocenters. The number of halogens is 16. The Morgan fingerprint density at radius 2 is 1.04 bits per heavy atom. The minimum Gasteiger partial charge on any atom is -0.465 e. The highest BCUT2D eigenvalue weighted by Gasteiger charge is 2.76. The second kappa shape index (κ2) is 17.8. The minimum absolute atomic E-state index is 0.0151. The predicted octanol–water partition coefficient (Wildman–Crippen LogP) is 11.2. The van der Waals surface area contributed by atoms with Gasteiger partial charge in [-0.25, -0.2) is 22.9 Å². The number of amides is 1. The lowest BCUT2D eigenvalue weighted by atomic mass is 10.0. The van der Waals surface area contributed by atoms with Crippen LogP contribution in [0.2, 0.25) is 10.0 Å². The van der Waals surface area contributed by atoms with Gasteiger partial charge in [0.1, 0.15) is 21.9 Å². The molecule has 1 saturated carbocycles. The van der Waals surface area contributed by atoms with Crippen molar-refractivity contribution in [2.24, 2.45) is 14.1 Å². The molecule has 6 aromatic heterocycles. The highest BCUT2D eigenvalue weighted by Crippen LogP contribution is 2.56. The van der Waals surface area contributed by atoms with Crippen LogP contribution in [0.15, 0.2) is 49.1 Å². The summed E-state index contributed by atoms with van der Waals surface area (Å²) in [5.41, 5.74) is -14.3. The zero-order valence-corrected chi connectivity index (χ0v) is 36.9. The molecule has 0 saturated heterocycles. The van der Waals surface area contributed by atoms with Crippen molar-refractivity contribution in [1.29, 1.82) is 10.5 Å². The quantitative estimate of drug-likeness (QED) is 0.112. The number of nitrogens with one attached hydrogen (secondary N) is 1. The van der Waals surface area contributed by atoms with Gasteiger partial charge in [0.15, 0.2) is 11.6 Å². The molecule has 1 N–H and O–H groups in total. The monoisotopic (exact) mass is 1050 g/mol. The van der Waals surface area contributed by atoms with Crippen LogP contribution in [0.4, 0.5) is 61.5 Å². The van der Waals surface area contributed by atoms with Crippen LogP contribution < -0.4 is 5.32 Å². The molecule has 30 heteroatoms. The summed E-state index contributed by atoms with van der Waals surface area (Å²) in [7, 11) is 2.68. The first kappa shape index (κ1) is 51.3. The fraction of sp³-hybridized carbons (Fsp3) is 0.316. The maximum atomic E-state index is 14.6. The van der Waals surface area contributed by atoms with Crippen molar-refractivity contribution >= 4 is 57.8 Å². The lowest BCUT2D eigenvalue weighted by Gasteiger charge is -2.30. The van der Waals surface area contributed by atoms with Gasteiger partial charge in [-0.3, -0.25) is 4.79 Å². The second-order valence-electron chi connectivity index (χ2n) is 14.3. The molecule has 0 bridgehead atoms. The van der Waals surface area contributed by atoms with Crippen LogP contribution in [0, 0.1) is 22.7 Å². The third kappa shape index (κ3) is 8.89. The van der Waals surface area contributed by atoms with Gasteiger partial charge < -0.3 is 19.2 Å². The molecule has 1 amide bonds. The number of methoxy groups -OCH3 is 1. The summed E-state index contributed by atoms with van der Waals surface area (Å²) in [6, 6.07) is 7.00. The van der Waals surface area contributed by atoms with Gasteiger partial charge in [0, 0.05) is 53.4 Å². The summed E-state index contributed by atoms with van der Waals surface area (Å²) < 4.78 is 194. The van der Waals surface area contributed by atoms with E-state index in [1.54, 1.807) is 0 Å². The van der Waals surface area contributed by atoms with Crippen molar-refractivity contribution in [2.75, 3.05) is 7.11 Å². The number of carbonyl (C=O) groups excluding carboxylic acids is 2. The molecule has 12 nitrogen and oxygen atoms in total. The molecule has 0 spiro atoms. The average molecular weight is 1050 g/mol. The van der Waals surface area contributed by atoms with E-state index in [2.05, 4.69) is 20.3 Å². The topological polar surface area (TPSA) is 148 Å². The molecule has 1 fully saturated rings. The molecular weight excluding hydrogens is 1030 g/mol.